The Labute approximate surface area is 147 Å². The Hall–Kier alpha value is -1.36. The van der Waals surface area contributed by atoms with Crippen molar-refractivity contribution < 1.29 is 14.3 Å². The van der Waals surface area contributed by atoms with Crippen LogP contribution in [0.2, 0.25) is 0 Å². The van der Waals surface area contributed by atoms with E-state index in [-0.39, 0.29) is 29.3 Å². The van der Waals surface area contributed by atoms with Crippen molar-refractivity contribution in [2.24, 2.45) is 17.1 Å². The molecule has 1 amide bonds. The summed E-state index contributed by atoms with van der Waals surface area (Å²) in [5.74, 6) is -0.268. The van der Waals surface area contributed by atoms with Gasteiger partial charge in [0.2, 0.25) is 5.91 Å². The summed E-state index contributed by atoms with van der Waals surface area (Å²) in [5.41, 5.74) is 7.36. The summed E-state index contributed by atoms with van der Waals surface area (Å²) in [4.78, 5) is 26.7. The summed E-state index contributed by atoms with van der Waals surface area (Å²) in [6.45, 7) is 15.8. The van der Waals surface area contributed by atoms with E-state index in [9.17, 15) is 9.59 Å². The lowest BCUT2D eigenvalue weighted by Crippen LogP contribution is -2.53. The number of likely N-dealkylation sites (N-methyl/N-ethyl adjacent to an activating group) is 1. The van der Waals surface area contributed by atoms with Crippen molar-refractivity contribution in [3.05, 3.63) is 11.1 Å². The number of hydrogen-bond acceptors (Lipinski definition) is 4. The first-order valence-electron chi connectivity index (χ1n) is 8.79. The van der Waals surface area contributed by atoms with Crippen LogP contribution in [0.4, 0.5) is 0 Å². The predicted molar refractivity (Wildman–Crippen MR) is 98.5 cm³/mol. The number of nitrogens with two attached hydrogens (primary N) is 1. The van der Waals surface area contributed by atoms with Gasteiger partial charge in [-0.15, -0.1) is 0 Å². The van der Waals surface area contributed by atoms with E-state index in [2.05, 4.69) is 0 Å². The second-order valence-corrected chi connectivity index (χ2v) is 7.71. The van der Waals surface area contributed by atoms with Crippen LogP contribution in [-0.4, -0.2) is 42.5 Å². The molecule has 0 rings (SSSR count). The number of amides is 1. The largest absolute Gasteiger partial charge is 0.463 e. The molecule has 0 saturated heterocycles. The Morgan fingerprint density at radius 1 is 1.17 bits per heavy atom. The van der Waals surface area contributed by atoms with Crippen molar-refractivity contribution in [1.82, 2.24) is 4.90 Å². The molecule has 0 aromatic heterocycles. The fraction of sp³-hybridized carbons (Fsp3) is 0.789. The minimum absolute atomic E-state index is 0.108. The zero-order valence-electron chi connectivity index (χ0n) is 16.9. The SMILES string of the molecule is CCOC(=O)C(C)=C(CC)[C@H](C(C)C)N(C)C(=O)[C@@H](N)C(C)(C)C. The lowest BCUT2D eigenvalue weighted by Gasteiger charge is -2.38. The molecule has 0 saturated carbocycles. The number of nitrogens with zero attached hydrogens (tertiary/aromatic N) is 1. The molecule has 5 nitrogen and oxygen atoms in total. The molecule has 2 atom stereocenters. The first-order chi connectivity index (χ1) is 10.9. The van der Waals surface area contributed by atoms with Crippen molar-refractivity contribution in [2.45, 2.75) is 73.9 Å². The molecule has 0 spiro atoms. The van der Waals surface area contributed by atoms with Crippen LogP contribution in [0.3, 0.4) is 0 Å². The maximum absolute atomic E-state index is 12.8. The van der Waals surface area contributed by atoms with Gasteiger partial charge in [0.15, 0.2) is 0 Å². The summed E-state index contributed by atoms with van der Waals surface area (Å²) in [6, 6.07) is -0.773. The van der Waals surface area contributed by atoms with Crippen LogP contribution in [0.1, 0.15) is 61.8 Å². The Bertz CT molecular complexity index is 475. The van der Waals surface area contributed by atoms with E-state index >= 15 is 0 Å². The average molecular weight is 341 g/mol. The van der Waals surface area contributed by atoms with E-state index in [1.807, 2.05) is 41.5 Å². The third-order valence-corrected chi connectivity index (χ3v) is 4.40. The highest BCUT2D eigenvalue weighted by atomic mass is 16.5. The fourth-order valence-electron chi connectivity index (χ4n) is 2.88. The molecule has 140 valence electrons. The molecule has 0 aliphatic rings. The average Bonchev–Trinajstić information content (AvgIpc) is 2.48. The quantitative estimate of drug-likeness (QED) is 0.571. The highest BCUT2D eigenvalue weighted by Crippen LogP contribution is 2.27. The number of hydrogen-bond donors (Lipinski definition) is 1. The maximum atomic E-state index is 12.8. The summed E-state index contributed by atoms with van der Waals surface area (Å²) >= 11 is 0. The topological polar surface area (TPSA) is 72.6 Å². The molecule has 0 heterocycles. The van der Waals surface area contributed by atoms with E-state index < -0.39 is 6.04 Å². The third-order valence-electron chi connectivity index (χ3n) is 4.40. The molecule has 0 aliphatic carbocycles. The van der Waals surface area contributed by atoms with E-state index in [1.54, 1.807) is 25.8 Å². The van der Waals surface area contributed by atoms with Gasteiger partial charge in [0, 0.05) is 12.6 Å². The van der Waals surface area contributed by atoms with E-state index in [0.717, 1.165) is 5.57 Å². The first-order valence-corrected chi connectivity index (χ1v) is 8.79. The van der Waals surface area contributed by atoms with Crippen LogP contribution in [-0.2, 0) is 14.3 Å². The van der Waals surface area contributed by atoms with Gasteiger partial charge in [-0.3, -0.25) is 4.79 Å². The van der Waals surface area contributed by atoms with Crippen LogP contribution in [0.15, 0.2) is 11.1 Å². The number of esters is 1. The van der Waals surface area contributed by atoms with Crippen LogP contribution < -0.4 is 5.73 Å². The molecule has 0 aromatic carbocycles. The first kappa shape index (κ1) is 22.6. The maximum Gasteiger partial charge on any atom is 0.333 e. The Morgan fingerprint density at radius 3 is 2.00 bits per heavy atom. The van der Waals surface area contributed by atoms with Crippen LogP contribution in [0, 0.1) is 11.3 Å². The second kappa shape index (κ2) is 9.21. The standard InChI is InChI=1S/C19H36N2O3/c1-10-14(13(5)18(23)24-11-2)15(12(3)4)21(9)17(22)16(20)19(6,7)8/h12,15-16H,10-11,20H2,1-9H3/t15-,16+/m0/s1. The monoisotopic (exact) mass is 340 g/mol. The Balaban J connectivity index is 5.81. The molecule has 0 fully saturated rings. The molecule has 0 radical (unpaired) electrons. The molecular weight excluding hydrogens is 304 g/mol. The third kappa shape index (κ3) is 5.62. The normalized spacial score (nSPS) is 15.6. The zero-order chi connectivity index (χ0) is 19.2. The summed E-state index contributed by atoms with van der Waals surface area (Å²) in [6.07, 6.45) is 0.676. The number of carbonyl (C=O) groups excluding carboxylic acids is 2. The van der Waals surface area contributed by atoms with Gasteiger partial charge in [0.05, 0.1) is 18.7 Å². The zero-order valence-corrected chi connectivity index (χ0v) is 16.9. The van der Waals surface area contributed by atoms with Gasteiger partial charge < -0.3 is 15.4 Å². The molecular formula is C19H36N2O3. The Morgan fingerprint density at radius 2 is 1.67 bits per heavy atom. The molecule has 5 heteroatoms. The molecule has 2 N–H and O–H groups in total. The van der Waals surface area contributed by atoms with Gasteiger partial charge in [-0.1, -0.05) is 41.5 Å². The van der Waals surface area contributed by atoms with Crippen LogP contribution in [0.5, 0.6) is 0 Å². The van der Waals surface area contributed by atoms with E-state index in [4.69, 9.17) is 10.5 Å². The molecule has 0 bridgehead atoms. The van der Waals surface area contributed by atoms with Gasteiger partial charge >= 0.3 is 5.97 Å². The minimum atomic E-state index is -0.593. The summed E-state index contributed by atoms with van der Waals surface area (Å²) in [7, 11) is 1.77. The molecule has 0 unspecified atom stereocenters. The van der Waals surface area contributed by atoms with Crippen LogP contribution in [0.25, 0.3) is 0 Å². The Kier molecular flexibility index (Phi) is 8.69. The summed E-state index contributed by atoms with van der Waals surface area (Å²) < 4.78 is 5.13. The van der Waals surface area contributed by atoms with Gasteiger partial charge in [0.25, 0.3) is 0 Å². The van der Waals surface area contributed by atoms with Crippen molar-refractivity contribution >= 4 is 11.9 Å². The van der Waals surface area contributed by atoms with Crippen LogP contribution >= 0.6 is 0 Å². The lowest BCUT2D eigenvalue weighted by atomic mass is 9.84. The molecule has 24 heavy (non-hydrogen) atoms. The number of carbonyl (C=O) groups is 2. The minimum Gasteiger partial charge on any atom is -0.463 e. The predicted octanol–water partition coefficient (Wildman–Crippen LogP) is 3.13. The molecule has 0 aliphatic heterocycles. The van der Waals surface area contributed by atoms with Crippen molar-refractivity contribution in [1.29, 1.82) is 0 Å². The van der Waals surface area contributed by atoms with Gasteiger partial charge in [-0.25, -0.2) is 4.79 Å². The molecule has 0 aromatic rings. The van der Waals surface area contributed by atoms with Gasteiger partial charge in [-0.2, -0.15) is 0 Å². The lowest BCUT2D eigenvalue weighted by molar-refractivity contribution is -0.139. The fourth-order valence-corrected chi connectivity index (χ4v) is 2.88. The summed E-state index contributed by atoms with van der Waals surface area (Å²) in [5, 5.41) is 0. The number of rotatable bonds is 7. The van der Waals surface area contributed by atoms with Crippen molar-refractivity contribution in [2.75, 3.05) is 13.7 Å². The van der Waals surface area contributed by atoms with Crippen molar-refractivity contribution in [3.8, 4) is 0 Å². The van der Waals surface area contributed by atoms with Gasteiger partial charge in [-0.05, 0) is 37.2 Å². The van der Waals surface area contributed by atoms with E-state index in [0.29, 0.717) is 18.6 Å². The van der Waals surface area contributed by atoms with E-state index in [1.165, 1.54) is 0 Å². The smallest absolute Gasteiger partial charge is 0.333 e. The van der Waals surface area contributed by atoms with Crippen molar-refractivity contribution in [3.63, 3.8) is 0 Å². The van der Waals surface area contributed by atoms with Gasteiger partial charge in [0.1, 0.15) is 0 Å². The highest BCUT2D eigenvalue weighted by Gasteiger charge is 2.35. The highest BCUT2D eigenvalue weighted by molar-refractivity contribution is 5.89. The second-order valence-electron chi connectivity index (χ2n) is 7.71. The number of ether oxygens (including phenoxy) is 1.